The van der Waals surface area contributed by atoms with E-state index in [1.54, 1.807) is 0 Å². The SMILES string of the molecule is Cc1ccc(NCC(=O)N[C@@H]2CCS(=O)(=O)C2)c(Br)c1. The van der Waals surface area contributed by atoms with Gasteiger partial charge in [-0.3, -0.25) is 4.79 Å². The standard InChI is InChI=1S/C13H17BrN2O3S/c1-9-2-3-12(11(14)6-9)15-7-13(17)16-10-4-5-20(18,19)8-10/h2-3,6,10,15H,4-5,7-8H2,1H3,(H,16,17)/t10-/m1/s1. The largest absolute Gasteiger partial charge is 0.375 e. The van der Waals surface area contributed by atoms with Crippen LogP contribution in [0, 0.1) is 6.92 Å². The van der Waals surface area contributed by atoms with Gasteiger partial charge in [0.05, 0.1) is 18.1 Å². The van der Waals surface area contributed by atoms with Gasteiger partial charge in [0.15, 0.2) is 9.84 Å². The van der Waals surface area contributed by atoms with Crippen LogP contribution in [0.5, 0.6) is 0 Å². The molecular weight excluding hydrogens is 344 g/mol. The van der Waals surface area contributed by atoms with Crippen LogP contribution in [0.15, 0.2) is 22.7 Å². The van der Waals surface area contributed by atoms with E-state index >= 15 is 0 Å². The predicted octanol–water partition coefficient (Wildman–Crippen LogP) is 1.47. The highest BCUT2D eigenvalue weighted by atomic mass is 79.9. The second kappa shape index (κ2) is 6.13. The fraction of sp³-hybridized carbons (Fsp3) is 0.462. The van der Waals surface area contributed by atoms with Gasteiger partial charge in [-0.05, 0) is 47.0 Å². The Hall–Kier alpha value is -1.08. The molecule has 0 unspecified atom stereocenters. The summed E-state index contributed by atoms with van der Waals surface area (Å²) in [5.74, 6) is 0.0153. The summed E-state index contributed by atoms with van der Waals surface area (Å²) in [4.78, 5) is 11.8. The van der Waals surface area contributed by atoms with E-state index in [2.05, 4.69) is 26.6 Å². The minimum atomic E-state index is -2.96. The van der Waals surface area contributed by atoms with E-state index in [0.717, 1.165) is 15.7 Å². The minimum Gasteiger partial charge on any atom is -0.375 e. The first-order valence-corrected chi connectivity index (χ1v) is 8.97. The normalized spacial score (nSPS) is 20.6. The van der Waals surface area contributed by atoms with Crippen LogP contribution in [0.4, 0.5) is 5.69 Å². The molecule has 5 nitrogen and oxygen atoms in total. The van der Waals surface area contributed by atoms with E-state index in [9.17, 15) is 13.2 Å². The van der Waals surface area contributed by atoms with Crippen molar-refractivity contribution in [3.63, 3.8) is 0 Å². The number of aryl methyl sites for hydroxylation is 1. The lowest BCUT2D eigenvalue weighted by Crippen LogP contribution is -2.39. The highest BCUT2D eigenvalue weighted by Gasteiger charge is 2.28. The van der Waals surface area contributed by atoms with Crippen LogP contribution < -0.4 is 10.6 Å². The lowest BCUT2D eigenvalue weighted by Gasteiger charge is -2.13. The van der Waals surface area contributed by atoms with E-state index in [1.165, 1.54) is 0 Å². The molecule has 0 radical (unpaired) electrons. The molecule has 1 saturated heterocycles. The van der Waals surface area contributed by atoms with Crippen molar-refractivity contribution in [2.24, 2.45) is 0 Å². The molecule has 20 heavy (non-hydrogen) atoms. The van der Waals surface area contributed by atoms with Crippen molar-refractivity contribution in [3.05, 3.63) is 28.2 Å². The molecule has 0 aromatic heterocycles. The molecule has 1 aromatic rings. The lowest BCUT2D eigenvalue weighted by molar-refractivity contribution is -0.119. The summed E-state index contributed by atoms with van der Waals surface area (Å²) >= 11 is 3.43. The van der Waals surface area contributed by atoms with Crippen molar-refractivity contribution >= 4 is 37.4 Å². The molecule has 1 heterocycles. The molecule has 1 aliphatic heterocycles. The molecule has 2 rings (SSSR count). The number of carbonyl (C=O) groups excluding carboxylic acids is 1. The molecular formula is C13H17BrN2O3S. The van der Waals surface area contributed by atoms with Gasteiger partial charge in [0, 0.05) is 16.2 Å². The first kappa shape index (κ1) is 15.3. The molecule has 0 spiro atoms. The molecule has 0 aliphatic carbocycles. The topological polar surface area (TPSA) is 75.3 Å². The summed E-state index contributed by atoms with van der Waals surface area (Å²) in [5.41, 5.74) is 1.97. The van der Waals surface area contributed by atoms with Crippen LogP contribution >= 0.6 is 15.9 Å². The first-order valence-electron chi connectivity index (χ1n) is 6.35. The van der Waals surface area contributed by atoms with Crippen LogP contribution in [0.25, 0.3) is 0 Å². The van der Waals surface area contributed by atoms with Crippen molar-refractivity contribution in [2.75, 3.05) is 23.4 Å². The number of anilines is 1. The average Bonchev–Trinajstić information content (AvgIpc) is 2.67. The van der Waals surface area contributed by atoms with Gasteiger partial charge in [-0.15, -0.1) is 0 Å². The van der Waals surface area contributed by atoms with Gasteiger partial charge in [0.25, 0.3) is 0 Å². The maximum absolute atomic E-state index is 11.8. The first-order chi connectivity index (χ1) is 9.35. The Morgan fingerprint density at radius 3 is 2.80 bits per heavy atom. The van der Waals surface area contributed by atoms with Gasteiger partial charge in [0.1, 0.15) is 0 Å². The molecule has 0 bridgehead atoms. The molecule has 7 heteroatoms. The monoisotopic (exact) mass is 360 g/mol. The maximum atomic E-state index is 11.8. The summed E-state index contributed by atoms with van der Waals surface area (Å²) in [5, 5.41) is 5.77. The summed E-state index contributed by atoms with van der Waals surface area (Å²) in [6.45, 7) is 2.11. The number of benzene rings is 1. The number of hydrogen-bond acceptors (Lipinski definition) is 4. The van der Waals surface area contributed by atoms with E-state index in [0.29, 0.717) is 6.42 Å². The Bertz CT molecular complexity index is 616. The van der Waals surface area contributed by atoms with Gasteiger partial charge in [-0.2, -0.15) is 0 Å². The third-order valence-corrected chi connectivity index (χ3v) is 5.59. The number of hydrogen-bond donors (Lipinski definition) is 2. The zero-order chi connectivity index (χ0) is 14.8. The number of carbonyl (C=O) groups is 1. The van der Waals surface area contributed by atoms with Crippen molar-refractivity contribution in [1.29, 1.82) is 0 Å². The van der Waals surface area contributed by atoms with E-state index in [1.807, 2.05) is 25.1 Å². The highest BCUT2D eigenvalue weighted by molar-refractivity contribution is 9.10. The van der Waals surface area contributed by atoms with Crippen LogP contribution in [0.2, 0.25) is 0 Å². The second-order valence-electron chi connectivity index (χ2n) is 5.00. The smallest absolute Gasteiger partial charge is 0.239 e. The molecule has 1 fully saturated rings. The number of rotatable bonds is 4. The molecule has 1 amide bonds. The van der Waals surface area contributed by atoms with E-state index in [-0.39, 0.29) is 30.0 Å². The Balaban J connectivity index is 1.84. The number of nitrogens with one attached hydrogen (secondary N) is 2. The zero-order valence-corrected chi connectivity index (χ0v) is 13.6. The molecule has 1 aliphatic rings. The second-order valence-corrected chi connectivity index (χ2v) is 8.09. The third-order valence-electron chi connectivity index (χ3n) is 3.16. The van der Waals surface area contributed by atoms with Crippen LogP contribution in [-0.2, 0) is 14.6 Å². The summed E-state index contributed by atoms with van der Waals surface area (Å²) in [7, 11) is -2.96. The quantitative estimate of drug-likeness (QED) is 0.852. The Labute approximate surface area is 127 Å². The van der Waals surface area contributed by atoms with E-state index < -0.39 is 9.84 Å². The Morgan fingerprint density at radius 1 is 1.45 bits per heavy atom. The fourth-order valence-electron chi connectivity index (χ4n) is 2.13. The van der Waals surface area contributed by atoms with Gasteiger partial charge in [-0.25, -0.2) is 8.42 Å². The summed E-state index contributed by atoms with van der Waals surface area (Å²) in [6.07, 6.45) is 0.502. The summed E-state index contributed by atoms with van der Waals surface area (Å²) < 4.78 is 23.5. The third kappa shape index (κ3) is 4.21. The minimum absolute atomic E-state index is 0.0486. The van der Waals surface area contributed by atoms with E-state index in [4.69, 9.17) is 0 Å². The number of sulfone groups is 1. The zero-order valence-electron chi connectivity index (χ0n) is 11.1. The van der Waals surface area contributed by atoms with Crippen LogP contribution in [0.3, 0.4) is 0 Å². The van der Waals surface area contributed by atoms with Crippen LogP contribution in [-0.4, -0.2) is 38.4 Å². The predicted molar refractivity (Wildman–Crippen MR) is 82.6 cm³/mol. The maximum Gasteiger partial charge on any atom is 0.239 e. The van der Waals surface area contributed by atoms with Gasteiger partial charge >= 0.3 is 0 Å². The number of amides is 1. The number of halogens is 1. The van der Waals surface area contributed by atoms with Crippen molar-refractivity contribution in [1.82, 2.24) is 5.32 Å². The lowest BCUT2D eigenvalue weighted by atomic mass is 10.2. The Morgan fingerprint density at radius 2 is 2.20 bits per heavy atom. The molecule has 110 valence electrons. The molecule has 1 atom stereocenters. The van der Waals surface area contributed by atoms with Crippen molar-refractivity contribution < 1.29 is 13.2 Å². The average molecular weight is 361 g/mol. The van der Waals surface area contributed by atoms with Gasteiger partial charge in [0.2, 0.25) is 5.91 Å². The Kier molecular flexibility index (Phi) is 4.70. The van der Waals surface area contributed by atoms with Gasteiger partial charge < -0.3 is 10.6 Å². The highest BCUT2D eigenvalue weighted by Crippen LogP contribution is 2.23. The summed E-state index contributed by atoms with van der Waals surface area (Å²) in [6, 6.07) is 5.56. The molecule has 0 saturated carbocycles. The van der Waals surface area contributed by atoms with Crippen LogP contribution in [0.1, 0.15) is 12.0 Å². The molecule has 2 N–H and O–H groups in total. The van der Waals surface area contributed by atoms with Gasteiger partial charge in [-0.1, -0.05) is 6.07 Å². The van der Waals surface area contributed by atoms with Crippen molar-refractivity contribution in [3.8, 4) is 0 Å². The molecule has 1 aromatic carbocycles. The van der Waals surface area contributed by atoms with Crippen molar-refractivity contribution in [2.45, 2.75) is 19.4 Å². The fourth-order valence-corrected chi connectivity index (χ4v) is 4.43.